The van der Waals surface area contributed by atoms with Gasteiger partial charge in [-0.25, -0.2) is 9.38 Å². The van der Waals surface area contributed by atoms with E-state index in [2.05, 4.69) is 15.4 Å². The monoisotopic (exact) mass is 479 g/mol. The number of amides is 1. The second-order valence-electron chi connectivity index (χ2n) is 7.22. The molecule has 14 heteroatoms. The molecule has 1 amide bonds. The van der Waals surface area contributed by atoms with Gasteiger partial charge in [-0.2, -0.15) is 31.4 Å². The number of nitrogens with zero attached hydrogens (tertiary/aromatic N) is 4. The number of carbonyl (C=O) groups excluding carboxylic acids is 1. The second kappa shape index (κ2) is 7.60. The van der Waals surface area contributed by atoms with Crippen molar-refractivity contribution in [3.63, 3.8) is 0 Å². The van der Waals surface area contributed by atoms with Crippen LogP contribution in [0.15, 0.2) is 16.9 Å². The molecule has 0 aromatic carbocycles. The van der Waals surface area contributed by atoms with Gasteiger partial charge in [0.2, 0.25) is 0 Å². The number of aromatic nitrogens is 4. The van der Waals surface area contributed by atoms with E-state index in [1.54, 1.807) is 0 Å². The summed E-state index contributed by atoms with van der Waals surface area (Å²) in [4.78, 5) is 27.0. The zero-order valence-electron chi connectivity index (χ0n) is 16.3. The molecular weight excluding hydrogens is 464 g/mol. The lowest BCUT2D eigenvalue weighted by Crippen LogP contribution is -2.30. The Bertz CT molecular complexity index is 1250. The molecule has 1 aliphatic rings. The summed E-state index contributed by atoms with van der Waals surface area (Å²) in [7, 11) is 0. The maximum atomic E-state index is 13.5. The van der Waals surface area contributed by atoms with Gasteiger partial charge in [0, 0.05) is 18.5 Å². The number of halogens is 6. The summed E-state index contributed by atoms with van der Waals surface area (Å²) >= 11 is 0.0679. The van der Waals surface area contributed by atoms with Gasteiger partial charge in [0.15, 0.2) is 4.96 Å². The Kier molecular flexibility index (Phi) is 5.30. The first-order valence-corrected chi connectivity index (χ1v) is 10.3. The van der Waals surface area contributed by atoms with Crippen LogP contribution in [-0.2, 0) is 18.9 Å². The van der Waals surface area contributed by atoms with Crippen molar-refractivity contribution < 1.29 is 31.1 Å². The molecule has 0 saturated heterocycles. The topological polar surface area (TPSA) is 81.3 Å². The molecular formula is C18H15F6N5O2S. The molecule has 0 aliphatic heterocycles. The predicted molar refractivity (Wildman–Crippen MR) is 101 cm³/mol. The first kappa shape index (κ1) is 22.3. The van der Waals surface area contributed by atoms with Gasteiger partial charge < -0.3 is 5.32 Å². The molecule has 1 fully saturated rings. The minimum Gasteiger partial charge on any atom is -0.351 e. The Morgan fingerprint density at radius 2 is 1.88 bits per heavy atom. The van der Waals surface area contributed by atoms with Crippen LogP contribution < -0.4 is 10.9 Å². The van der Waals surface area contributed by atoms with Crippen molar-refractivity contribution in [2.24, 2.45) is 0 Å². The van der Waals surface area contributed by atoms with Gasteiger partial charge in [0.05, 0.1) is 17.9 Å². The maximum Gasteiger partial charge on any atom is 0.433 e. The van der Waals surface area contributed by atoms with Crippen molar-refractivity contribution in [1.29, 1.82) is 0 Å². The molecule has 0 atom stereocenters. The highest BCUT2D eigenvalue weighted by Crippen LogP contribution is 2.42. The summed E-state index contributed by atoms with van der Waals surface area (Å²) in [6.07, 6.45) is -8.21. The number of hydrogen-bond acceptors (Lipinski definition) is 5. The molecule has 3 aromatic heterocycles. The molecule has 0 radical (unpaired) electrons. The van der Waals surface area contributed by atoms with E-state index in [0.29, 0.717) is 9.08 Å². The van der Waals surface area contributed by atoms with Crippen LogP contribution in [-0.4, -0.2) is 31.6 Å². The molecule has 0 unspecified atom stereocenters. The summed E-state index contributed by atoms with van der Waals surface area (Å²) in [5.41, 5.74) is -2.89. The minimum absolute atomic E-state index is 0.0244. The van der Waals surface area contributed by atoms with E-state index in [1.807, 2.05) is 0 Å². The lowest BCUT2D eigenvalue weighted by Gasteiger charge is -2.10. The van der Waals surface area contributed by atoms with Crippen LogP contribution in [0.4, 0.5) is 26.3 Å². The highest BCUT2D eigenvalue weighted by atomic mass is 32.1. The number of alkyl halides is 6. The third-order valence-corrected chi connectivity index (χ3v) is 5.86. The van der Waals surface area contributed by atoms with Gasteiger partial charge in [-0.1, -0.05) is 11.3 Å². The number of carbonyl (C=O) groups is 1. The normalized spacial score (nSPS) is 14.8. The summed E-state index contributed by atoms with van der Waals surface area (Å²) in [6, 6.07) is 1.74. The van der Waals surface area contributed by atoms with Crippen molar-refractivity contribution in [3.05, 3.63) is 50.1 Å². The number of fused-ring (bicyclic) bond motifs is 1. The lowest BCUT2D eigenvalue weighted by atomic mass is 10.2. The highest BCUT2D eigenvalue weighted by Gasteiger charge is 2.41. The fourth-order valence-corrected chi connectivity index (χ4v) is 4.28. The van der Waals surface area contributed by atoms with Crippen LogP contribution in [0.5, 0.6) is 0 Å². The summed E-state index contributed by atoms with van der Waals surface area (Å²) in [5.74, 6) is -1.17. The lowest BCUT2D eigenvalue weighted by molar-refractivity contribution is -0.144. The average Bonchev–Trinajstić information content (AvgIpc) is 3.28. The van der Waals surface area contributed by atoms with Crippen molar-refractivity contribution in [3.8, 4) is 0 Å². The molecule has 0 spiro atoms. The summed E-state index contributed by atoms with van der Waals surface area (Å²) in [6.45, 7) is 0.955. The predicted octanol–water partition coefficient (Wildman–Crippen LogP) is 3.67. The second-order valence-corrected chi connectivity index (χ2v) is 8.20. The van der Waals surface area contributed by atoms with Gasteiger partial charge in [0.25, 0.3) is 11.5 Å². The van der Waals surface area contributed by atoms with Crippen molar-refractivity contribution >= 4 is 22.2 Å². The molecule has 1 N–H and O–H groups in total. The molecule has 1 saturated carbocycles. The van der Waals surface area contributed by atoms with Gasteiger partial charge >= 0.3 is 12.4 Å². The first-order chi connectivity index (χ1) is 14.9. The van der Waals surface area contributed by atoms with Gasteiger partial charge in [-0.05, 0) is 25.8 Å². The van der Waals surface area contributed by atoms with Crippen LogP contribution >= 0.6 is 11.3 Å². The Morgan fingerprint density at radius 3 is 2.44 bits per heavy atom. The molecule has 0 bridgehead atoms. The number of nitrogens with one attached hydrogen (secondary N) is 1. The average molecular weight is 479 g/mol. The highest BCUT2D eigenvalue weighted by molar-refractivity contribution is 7.17. The van der Waals surface area contributed by atoms with Crippen molar-refractivity contribution in [2.75, 3.05) is 6.54 Å². The number of thiazole rings is 1. The van der Waals surface area contributed by atoms with Gasteiger partial charge in [0.1, 0.15) is 16.3 Å². The summed E-state index contributed by atoms with van der Waals surface area (Å²) < 4.78 is 81.9. The number of hydrogen-bond donors (Lipinski definition) is 1. The largest absolute Gasteiger partial charge is 0.433 e. The van der Waals surface area contributed by atoms with Gasteiger partial charge in [-0.15, -0.1) is 0 Å². The Labute approximate surface area is 179 Å². The SMILES string of the molecule is CCNC(=O)c1c(C(F)(F)F)sc2nc(Cn3nc(C4CC4)cc3C(F)(F)F)cc(=O)n12. The molecule has 172 valence electrons. The van der Waals surface area contributed by atoms with Crippen molar-refractivity contribution in [2.45, 2.75) is 44.6 Å². The smallest absolute Gasteiger partial charge is 0.351 e. The minimum atomic E-state index is -4.93. The Hall–Kier alpha value is -2.90. The van der Waals surface area contributed by atoms with Crippen molar-refractivity contribution in [1.82, 2.24) is 24.5 Å². The molecule has 7 nitrogen and oxygen atoms in total. The maximum absolute atomic E-state index is 13.5. The standard InChI is InChI=1S/C18H15F6N5O2S/c1-2-25-15(31)13-14(18(22,23)24)32-16-26-9(5-12(30)29(13)16)7-28-11(17(19,20)21)6-10(27-28)8-3-4-8/h5-6,8H,2-4,7H2,1H3,(H,25,31). The zero-order chi connectivity index (χ0) is 23.4. The molecule has 4 rings (SSSR count). The quantitative estimate of drug-likeness (QED) is 0.567. The van der Waals surface area contributed by atoms with Crippen LogP contribution in [0, 0.1) is 0 Å². The molecule has 3 heterocycles. The van der Waals surface area contributed by atoms with E-state index in [4.69, 9.17) is 0 Å². The van der Waals surface area contributed by atoms with E-state index < -0.39 is 51.6 Å². The van der Waals surface area contributed by atoms with E-state index in [1.165, 1.54) is 6.92 Å². The van der Waals surface area contributed by atoms with Crippen LogP contribution in [0.2, 0.25) is 0 Å². The van der Waals surface area contributed by atoms with E-state index in [-0.39, 0.29) is 35.2 Å². The van der Waals surface area contributed by atoms with Crippen LogP contribution in [0.3, 0.4) is 0 Å². The molecule has 32 heavy (non-hydrogen) atoms. The third kappa shape index (κ3) is 4.10. The third-order valence-electron chi connectivity index (χ3n) is 4.78. The van der Waals surface area contributed by atoms with E-state index in [9.17, 15) is 35.9 Å². The Morgan fingerprint density at radius 1 is 1.19 bits per heavy atom. The first-order valence-electron chi connectivity index (χ1n) is 9.46. The fourth-order valence-electron chi connectivity index (χ4n) is 3.26. The molecule has 3 aromatic rings. The summed E-state index contributed by atoms with van der Waals surface area (Å²) in [5, 5.41) is 6.18. The van der Waals surface area contributed by atoms with Gasteiger partial charge in [-0.3, -0.25) is 14.3 Å². The van der Waals surface area contributed by atoms with E-state index in [0.717, 1.165) is 25.0 Å². The van der Waals surface area contributed by atoms with Crippen LogP contribution in [0.25, 0.3) is 4.96 Å². The Balaban J connectivity index is 1.81. The van der Waals surface area contributed by atoms with Crippen LogP contribution in [0.1, 0.15) is 58.1 Å². The molecule has 1 aliphatic carbocycles. The zero-order valence-corrected chi connectivity index (χ0v) is 17.2. The van der Waals surface area contributed by atoms with E-state index >= 15 is 0 Å². The number of rotatable bonds is 5. The fraction of sp³-hybridized carbons (Fsp3) is 0.444.